The number of aliphatic carboxylic acids is 1. The monoisotopic (exact) mass is 402 g/mol. The van der Waals surface area contributed by atoms with Crippen molar-refractivity contribution < 1.29 is 32.7 Å². The Balaban J connectivity index is 0.000000345. The predicted molar refractivity (Wildman–Crippen MR) is 90.9 cm³/mol. The molecule has 3 N–H and O–H groups in total. The molecule has 0 aliphatic carbocycles. The summed E-state index contributed by atoms with van der Waals surface area (Å²) in [5, 5.41) is 7.12. The molecule has 1 aromatic rings. The minimum atomic E-state index is -5.08. The lowest BCUT2D eigenvalue weighted by Gasteiger charge is -2.39. The molecular weight excluding hydrogens is 381 g/mol. The number of alkyl halides is 3. The predicted octanol–water partition coefficient (Wildman–Crippen LogP) is 1.67. The minimum absolute atomic E-state index is 0.0602. The van der Waals surface area contributed by atoms with Crippen LogP contribution in [0.1, 0.15) is 30.7 Å². The number of urea groups is 1. The van der Waals surface area contributed by atoms with Gasteiger partial charge in [-0.25, -0.2) is 9.59 Å². The van der Waals surface area contributed by atoms with E-state index in [1.165, 1.54) is 0 Å². The summed E-state index contributed by atoms with van der Waals surface area (Å²) in [7, 11) is 0. The number of aryl methyl sites for hydroxylation is 1. The summed E-state index contributed by atoms with van der Waals surface area (Å²) >= 11 is 0. The SMILES string of the molecule is Cc1cccc(CN2C(=O)CC[C@@H]3[C@H]2CCN3C(N)=O)n1.O=C(O)C(F)(F)F. The van der Waals surface area contributed by atoms with Crippen LogP contribution in [0.2, 0.25) is 0 Å². The molecule has 8 nitrogen and oxygen atoms in total. The highest BCUT2D eigenvalue weighted by Crippen LogP contribution is 2.32. The summed E-state index contributed by atoms with van der Waals surface area (Å²) in [4.78, 5) is 40.7. The zero-order valence-electron chi connectivity index (χ0n) is 15.1. The van der Waals surface area contributed by atoms with Gasteiger partial charge in [-0.3, -0.25) is 9.78 Å². The maximum absolute atomic E-state index is 12.3. The second kappa shape index (κ2) is 8.44. The highest BCUT2D eigenvalue weighted by molar-refractivity contribution is 5.79. The number of aromatic nitrogens is 1. The number of pyridine rings is 1. The van der Waals surface area contributed by atoms with Crippen molar-refractivity contribution in [3.8, 4) is 0 Å². The molecule has 28 heavy (non-hydrogen) atoms. The van der Waals surface area contributed by atoms with Gasteiger partial charge in [0.15, 0.2) is 0 Å². The number of fused-ring (bicyclic) bond motifs is 1. The number of primary amides is 1. The van der Waals surface area contributed by atoms with Crippen LogP contribution in [-0.4, -0.2) is 62.6 Å². The third-order valence-corrected chi connectivity index (χ3v) is 4.69. The molecule has 2 fully saturated rings. The number of carbonyl (C=O) groups excluding carboxylic acids is 2. The third-order valence-electron chi connectivity index (χ3n) is 4.69. The molecule has 0 bridgehead atoms. The number of rotatable bonds is 2. The summed E-state index contributed by atoms with van der Waals surface area (Å²) < 4.78 is 31.7. The maximum atomic E-state index is 12.3. The first-order valence-corrected chi connectivity index (χ1v) is 8.59. The second-order valence-corrected chi connectivity index (χ2v) is 6.59. The first-order chi connectivity index (χ1) is 13.0. The zero-order valence-corrected chi connectivity index (χ0v) is 15.1. The van der Waals surface area contributed by atoms with E-state index in [0.717, 1.165) is 17.8 Å². The van der Waals surface area contributed by atoms with Crippen LogP contribution < -0.4 is 5.73 Å². The molecule has 2 saturated heterocycles. The van der Waals surface area contributed by atoms with Crippen LogP contribution in [0.5, 0.6) is 0 Å². The van der Waals surface area contributed by atoms with Gasteiger partial charge in [0.05, 0.1) is 24.3 Å². The number of halogens is 3. The largest absolute Gasteiger partial charge is 0.490 e. The fourth-order valence-corrected chi connectivity index (χ4v) is 3.49. The zero-order chi connectivity index (χ0) is 21.1. The van der Waals surface area contributed by atoms with E-state index in [2.05, 4.69) is 4.98 Å². The lowest BCUT2D eigenvalue weighted by atomic mass is 9.96. The number of hydrogen-bond donors (Lipinski definition) is 2. The van der Waals surface area contributed by atoms with E-state index in [-0.39, 0.29) is 24.0 Å². The molecule has 1 aromatic heterocycles. The van der Waals surface area contributed by atoms with Gasteiger partial charge in [-0.15, -0.1) is 0 Å². The van der Waals surface area contributed by atoms with Gasteiger partial charge in [0, 0.05) is 18.7 Å². The topological polar surface area (TPSA) is 117 Å². The van der Waals surface area contributed by atoms with Crippen molar-refractivity contribution in [2.75, 3.05) is 6.54 Å². The van der Waals surface area contributed by atoms with E-state index in [0.29, 0.717) is 25.9 Å². The first-order valence-electron chi connectivity index (χ1n) is 8.59. The number of nitrogens with two attached hydrogens (primary N) is 1. The van der Waals surface area contributed by atoms with E-state index in [1.807, 2.05) is 30.0 Å². The Morgan fingerprint density at radius 3 is 2.46 bits per heavy atom. The molecule has 0 aromatic carbocycles. The van der Waals surface area contributed by atoms with E-state index in [1.54, 1.807) is 4.90 Å². The van der Waals surface area contributed by atoms with Gasteiger partial charge in [0.2, 0.25) is 5.91 Å². The van der Waals surface area contributed by atoms with Gasteiger partial charge in [0.1, 0.15) is 0 Å². The smallest absolute Gasteiger partial charge is 0.475 e. The van der Waals surface area contributed by atoms with Crippen molar-refractivity contribution in [2.45, 2.75) is 51.0 Å². The summed E-state index contributed by atoms with van der Waals surface area (Å²) in [5.74, 6) is -2.61. The van der Waals surface area contributed by atoms with Gasteiger partial charge in [-0.2, -0.15) is 13.2 Å². The van der Waals surface area contributed by atoms with Crippen molar-refractivity contribution in [2.24, 2.45) is 5.73 Å². The van der Waals surface area contributed by atoms with Crippen molar-refractivity contribution >= 4 is 17.9 Å². The number of hydrogen-bond acceptors (Lipinski definition) is 4. The summed E-state index contributed by atoms with van der Waals surface area (Å²) in [5.41, 5.74) is 7.26. The average molecular weight is 402 g/mol. The molecule has 3 amide bonds. The molecule has 2 atom stereocenters. The number of amides is 3. The fraction of sp³-hybridized carbons (Fsp3) is 0.529. The van der Waals surface area contributed by atoms with Crippen LogP contribution in [0.25, 0.3) is 0 Å². The van der Waals surface area contributed by atoms with Crippen LogP contribution in [-0.2, 0) is 16.1 Å². The van der Waals surface area contributed by atoms with Gasteiger partial charge >= 0.3 is 18.2 Å². The normalized spacial score (nSPS) is 21.6. The van der Waals surface area contributed by atoms with Crippen LogP contribution in [0.3, 0.4) is 0 Å². The molecule has 11 heteroatoms. The molecule has 0 radical (unpaired) electrons. The number of carboxylic acid groups (broad SMARTS) is 1. The molecule has 2 aliphatic rings. The Hall–Kier alpha value is -2.85. The first kappa shape index (κ1) is 21.5. The highest BCUT2D eigenvalue weighted by atomic mass is 19.4. The third kappa shape index (κ3) is 5.11. The Kier molecular flexibility index (Phi) is 6.47. The highest BCUT2D eigenvalue weighted by Gasteiger charge is 2.44. The minimum Gasteiger partial charge on any atom is -0.475 e. The van der Waals surface area contributed by atoms with E-state index < -0.39 is 12.1 Å². The van der Waals surface area contributed by atoms with Crippen LogP contribution in [0.15, 0.2) is 18.2 Å². The summed E-state index contributed by atoms with van der Waals surface area (Å²) in [6.45, 7) is 3.08. The quantitative estimate of drug-likeness (QED) is 0.780. The molecule has 0 unspecified atom stereocenters. The standard InChI is InChI=1S/C15H20N4O2.C2HF3O2/c1-10-3-2-4-11(17-10)9-19-13-7-8-18(15(16)21)12(13)5-6-14(19)20;3-2(4,5)1(6)7/h2-4,12-13H,5-9H2,1H3,(H2,16,21);(H,6,7)/t12-,13-;/m1./s1. The number of piperidine rings is 1. The molecule has 2 aliphatic heterocycles. The molecule has 3 rings (SSSR count). The molecule has 3 heterocycles. The summed E-state index contributed by atoms with van der Waals surface area (Å²) in [6.07, 6.45) is -3.11. The summed E-state index contributed by atoms with van der Waals surface area (Å²) in [6, 6.07) is 5.57. The van der Waals surface area contributed by atoms with Gasteiger partial charge in [0.25, 0.3) is 0 Å². The van der Waals surface area contributed by atoms with Crippen molar-refractivity contribution in [3.05, 3.63) is 29.6 Å². The Morgan fingerprint density at radius 2 is 1.93 bits per heavy atom. The molecule has 0 spiro atoms. The lowest BCUT2D eigenvalue weighted by molar-refractivity contribution is -0.192. The van der Waals surface area contributed by atoms with Crippen molar-refractivity contribution in [1.29, 1.82) is 0 Å². The second-order valence-electron chi connectivity index (χ2n) is 6.59. The van der Waals surface area contributed by atoms with Gasteiger partial charge < -0.3 is 20.6 Å². The van der Waals surface area contributed by atoms with Crippen LogP contribution in [0.4, 0.5) is 18.0 Å². The van der Waals surface area contributed by atoms with E-state index >= 15 is 0 Å². The maximum Gasteiger partial charge on any atom is 0.490 e. The van der Waals surface area contributed by atoms with Crippen LogP contribution >= 0.6 is 0 Å². The Bertz CT molecular complexity index is 756. The molecular formula is C17H21F3N4O4. The van der Waals surface area contributed by atoms with E-state index in [9.17, 15) is 22.8 Å². The Morgan fingerprint density at radius 1 is 1.29 bits per heavy atom. The van der Waals surface area contributed by atoms with E-state index in [4.69, 9.17) is 15.6 Å². The Labute approximate surface area is 159 Å². The molecule has 0 saturated carbocycles. The number of likely N-dealkylation sites (tertiary alicyclic amines) is 2. The number of carboxylic acids is 1. The van der Waals surface area contributed by atoms with Crippen molar-refractivity contribution in [1.82, 2.24) is 14.8 Å². The van der Waals surface area contributed by atoms with Crippen molar-refractivity contribution in [3.63, 3.8) is 0 Å². The number of nitrogens with zero attached hydrogens (tertiary/aromatic N) is 3. The van der Waals surface area contributed by atoms with Gasteiger partial charge in [-0.1, -0.05) is 6.07 Å². The lowest BCUT2D eigenvalue weighted by Crippen LogP contribution is -2.53. The molecule has 154 valence electrons. The van der Waals surface area contributed by atoms with Crippen LogP contribution in [0, 0.1) is 6.92 Å². The number of carbonyl (C=O) groups is 3. The van der Waals surface area contributed by atoms with Gasteiger partial charge in [-0.05, 0) is 31.9 Å². The fourth-order valence-electron chi connectivity index (χ4n) is 3.49. The average Bonchev–Trinajstić information content (AvgIpc) is 3.02.